The van der Waals surface area contributed by atoms with Crippen LogP contribution in [0.4, 0.5) is 0 Å². The van der Waals surface area contributed by atoms with Gasteiger partial charge in [-0.3, -0.25) is 4.79 Å². The van der Waals surface area contributed by atoms with Crippen LogP contribution in [0.3, 0.4) is 0 Å². The number of carbonyl (C=O) groups excluding carboxylic acids is 1. The average molecular weight is 344 g/mol. The van der Waals surface area contributed by atoms with Crippen molar-refractivity contribution in [3.63, 3.8) is 0 Å². The standard InChI is InChI=1S/C21H16N2O3/c1-25-18-9-5-3-7-15(18)13-22-23-21(24)20-12-17-16-8-4-2-6-14(16)10-11-19(17)26-20/h2-13H,1H3,(H,23,24)/b22-13+. The molecule has 1 heterocycles. The molecule has 0 aliphatic heterocycles. The summed E-state index contributed by atoms with van der Waals surface area (Å²) < 4.78 is 10.9. The molecule has 0 atom stereocenters. The van der Waals surface area contributed by atoms with Crippen LogP contribution in [0.2, 0.25) is 0 Å². The molecule has 0 saturated carbocycles. The lowest BCUT2D eigenvalue weighted by molar-refractivity contribution is 0.0929. The lowest BCUT2D eigenvalue weighted by Crippen LogP contribution is -2.16. The van der Waals surface area contributed by atoms with Gasteiger partial charge in [0.2, 0.25) is 0 Å². The van der Waals surface area contributed by atoms with Gasteiger partial charge in [-0.05, 0) is 35.0 Å². The molecule has 0 saturated heterocycles. The molecule has 0 spiro atoms. The van der Waals surface area contributed by atoms with Gasteiger partial charge in [0.1, 0.15) is 11.3 Å². The number of furan rings is 1. The van der Waals surface area contributed by atoms with E-state index in [1.807, 2.05) is 60.7 Å². The van der Waals surface area contributed by atoms with Crippen LogP contribution in [0.5, 0.6) is 5.75 Å². The molecule has 0 bridgehead atoms. The summed E-state index contributed by atoms with van der Waals surface area (Å²) in [5.74, 6) is 0.491. The van der Waals surface area contributed by atoms with Gasteiger partial charge in [-0.25, -0.2) is 5.43 Å². The van der Waals surface area contributed by atoms with Gasteiger partial charge >= 0.3 is 5.91 Å². The quantitative estimate of drug-likeness (QED) is 0.442. The second-order valence-corrected chi connectivity index (χ2v) is 5.75. The fourth-order valence-corrected chi connectivity index (χ4v) is 2.89. The number of nitrogens with zero attached hydrogens (tertiary/aromatic N) is 1. The van der Waals surface area contributed by atoms with Crippen LogP contribution in [0, 0.1) is 0 Å². The Morgan fingerprint density at radius 3 is 2.73 bits per heavy atom. The minimum Gasteiger partial charge on any atom is -0.496 e. The van der Waals surface area contributed by atoms with E-state index < -0.39 is 5.91 Å². The number of rotatable bonds is 4. The van der Waals surface area contributed by atoms with Gasteiger partial charge in [-0.1, -0.05) is 42.5 Å². The minimum atomic E-state index is -0.406. The zero-order valence-corrected chi connectivity index (χ0v) is 14.1. The Morgan fingerprint density at radius 2 is 1.85 bits per heavy atom. The summed E-state index contributed by atoms with van der Waals surface area (Å²) in [6.07, 6.45) is 1.54. The molecule has 3 aromatic carbocycles. The first-order valence-electron chi connectivity index (χ1n) is 8.14. The highest BCUT2D eigenvalue weighted by Crippen LogP contribution is 2.28. The number of para-hydroxylation sites is 1. The Labute approximate surface area is 149 Å². The SMILES string of the molecule is COc1ccccc1/C=N/NC(=O)c1cc2c(ccc3ccccc32)o1. The van der Waals surface area contributed by atoms with E-state index in [1.165, 1.54) is 6.21 Å². The lowest BCUT2D eigenvalue weighted by Gasteiger charge is -2.02. The fourth-order valence-electron chi connectivity index (χ4n) is 2.89. The third kappa shape index (κ3) is 2.91. The van der Waals surface area contributed by atoms with Crippen molar-refractivity contribution in [2.75, 3.05) is 7.11 Å². The van der Waals surface area contributed by atoms with E-state index in [-0.39, 0.29) is 5.76 Å². The number of hydrogen-bond acceptors (Lipinski definition) is 4. The summed E-state index contributed by atoms with van der Waals surface area (Å²) in [7, 11) is 1.59. The number of methoxy groups -OCH3 is 1. The molecule has 5 heteroatoms. The van der Waals surface area contributed by atoms with E-state index in [0.29, 0.717) is 11.3 Å². The monoisotopic (exact) mass is 344 g/mol. The third-order valence-electron chi connectivity index (χ3n) is 4.16. The average Bonchev–Trinajstić information content (AvgIpc) is 3.13. The van der Waals surface area contributed by atoms with Gasteiger partial charge in [-0.2, -0.15) is 5.10 Å². The summed E-state index contributed by atoms with van der Waals surface area (Å²) in [6, 6.07) is 21.0. The largest absolute Gasteiger partial charge is 0.496 e. The van der Waals surface area contributed by atoms with E-state index in [0.717, 1.165) is 21.7 Å². The topological polar surface area (TPSA) is 63.8 Å². The van der Waals surface area contributed by atoms with Crippen molar-refractivity contribution in [1.82, 2.24) is 5.43 Å². The van der Waals surface area contributed by atoms with Crippen LogP contribution < -0.4 is 10.2 Å². The highest BCUT2D eigenvalue weighted by molar-refractivity contribution is 6.08. The van der Waals surface area contributed by atoms with Crippen LogP contribution in [0.15, 0.2) is 76.2 Å². The van der Waals surface area contributed by atoms with Crippen LogP contribution in [0.25, 0.3) is 21.7 Å². The van der Waals surface area contributed by atoms with Gasteiger partial charge < -0.3 is 9.15 Å². The number of hydrazone groups is 1. The summed E-state index contributed by atoms with van der Waals surface area (Å²) >= 11 is 0. The number of nitrogens with one attached hydrogen (secondary N) is 1. The molecule has 0 fully saturated rings. The molecule has 128 valence electrons. The smallest absolute Gasteiger partial charge is 0.307 e. The Morgan fingerprint density at radius 1 is 1.04 bits per heavy atom. The highest BCUT2D eigenvalue weighted by atomic mass is 16.5. The Hall–Kier alpha value is -3.60. The number of ether oxygens (including phenoxy) is 1. The van der Waals surface area contributed by atoms with Crippen molar-refractivity contribution in [3.05, 3.63) is 78.1 Å². The molecule has 0 aliphatic carbocycles. The lowest BCUT2D eigenvalue weighted by atomic mass is 10.1. The van der Waals surface area contributed by atoms with E-state index in [4.69, 9.17) is 9.15 Å². The zero-order valence-electron chi connectivity index (χ0n) is 14.1. The van der Waals surface area contributed by atoms with Gasteiger partial charge in [0.15, 0.2) is 5.76 Å². The number of carbonyl (C=O) groups is 1. The number of fused-ring (bicyclic) bond motifs is 3. The van der Waals surface area contributed by atoms with Gasteiger partial charge in [0, 0.05) is 10.9 Å². The summed E-state index contributed by atoms with van der Waals surface area (Å²) in [5, 5.41) is 7.04. The van der Waals surface area contributed by atoms with Gasteiger partial charge in [0.05, 0.1) is 13.3 Å². The molecule has 4 rings (SSSR count). The van der Waals surface area contributed by atoms with Crippen molar-refractivity contribution in [2.45, 2.75) is 0 Å². The predicted molar refractivity (Wildman–Crippen MR) is 102 cm³/mol. The Bertz CT molecular complexity index is 1130. The van der Waals surface area contributed by atoms with Crippen LogP contribution in [-0.4, -0.2) is 19.2 Å². The van der Waals surface area contributed by atoms with Crippen molar-refractivity contribution in [3.8, 4) is 5.75 Å². The Balaban J connectivity index is 1.58. The second kappa shape index (κ2) is 6.72. The molecule has 4 aromatic rings. The maximum absolute atomic E-state index is 12.3. The third-order valence-corrected chi connectivity index (χ3v) is 4.16. The molecular weight excluding hydrogens is 328 g/mol. The number of hydrogen-bond donors (Lipinski definition) is 1. The predicted octanol–water partition coefficient (Wildman–Crippen LogP) is 4.36. The van der Waals surface area contributed by atoms with Crippen LogP contribution in [-0.2, 0) is 0 Å². The normalized spacial score (nSPS) is 11.3. The summed E-state index contributed by atoms with van der Waals surface area (Å²) in [4.78, 5) is 12.3. The van der Waals surface area contributed by atoms with Gasteiger partial charge in [-0.15, -0.1) is 0 Å². The van der Waals surface area contributed by atoms with E-state index in [9.17, 15) is 4.79 Å². The molecule has 1 N–H and O–H groups in total. The molecule has 26 heavy (non-hydrogen) atoms. The number of amides is 1. The molecule has 0 radical (unpaired) electrons. The summed E-state index contributed by atoms with van der Waals surface area (Å²) in [5.41, 5.74) is 3.93. The van der Waals surface area contributed by atoms with Crippen LogP contribution >= 0.6 is 0 Å². The fraction of sp³-hybridized carbons (Fsp3) is 0.0476. The maximum Gasteiger partial charge on any atom is 0.307 e. The maximum atomic E-state index is 12.3. The highest BCUT2D eigenvalue weighted by Gasteiger charge is 2.13. The van der Waals surface area contributed by atoms with Crippen molar-refractivity contribution in [2.24, 2.45) is 5.10 Å². The summed E-state index contributed by atoms with van der Waals surface area (Å²) in [6.45, 7) is 0. The molecular formula is C21H16N2O3. The first kappa shape index (κ1) is 15.9. The van der Waals surface area contributed by atoms with Crippen molar-refractivity contribution < 1.29 is 13.9 Å². The first-order valence-corrected chi connectivity index (χ1v) is 8.14. The minimum absolute atomic E-state index is 0.216. The molecule has 0 unspecified atom stereocenters. The zero-order chi connectivity index (χ0) is 17.9. The van der Waals surface area contributed by atoms with Gasteiger partial charge in [0.25, 0.3) is 0 Å². The molecule has 5 nitrogen and oxygen atoms in total. The first-order chi connectivity index (χ1) is 12.8. The van der Waals surface area contributed by atoms with E-state index >= 15 is 0 Å². The van der Waals surface area contributed by atoms with Crippen LogP contribution in [0.1, 0.15) is 16.1 Å². The van der Waals surface area contributed by atoms with E-state index in [2.05, 4.69) is 10.5 Å². The molecule has 1 aromatic heterocycles. The molecule has 0 aliphatic rings. The van der Waals surface area contributed by atoms with E-state index in [1.54, 1.807) is 13.2 Å². The second-order valence-electron chi connectivity index (χ2n) is 5.75. The van der Waals surface area contributed by atoms with Crippen molar-refractivity contribution >= 4 is 33.9 Å². The van der Waals surface area contributed by atoms with Crippen molar-refractivity contribution in [1.29, 1.82) is 0 Å². The number of benzene rings is 3. The Kier molecular flexibility index (Phi) is 4.11. The molecule has 1 amide bonds.